The summed E-state index contributed by atoms with van der Waals surface area (Å²) in [6, 6.07) is 7.90. The lowest BCUT2D eigenvalue weighted by Gasteiger charge is -2.38. The fourth-order valence-electron chi connectivity index (χ4n) is 4.12. The molecule has 3 rings (SSSR count). The van der Waals surface area contributed by atoms with Crippen LogP contribution in [0.25, 0.3) is 0 Å². The summed E-state index contributed by atoms with van der Waals surface area (Å²) in [5.41, 5.74) is 1.69. The molecule has 1 aromatic rings. The Labute approximate surface area is 148 Å². The van der Waals surface area contributed by atoms with Crippen molar-refractivity contribution in [2.75, 3.05) is 6.61 Å². The van der Waals surface area contributed by atoms with Gasteiger partial charge in [-0.2, -0.15) is 0 Å². The molecule has 2 saturated carbocycles. The van der Waals surface area contributed by atoms with Crippen molar-refractivity contribution in [1.82, 2.24) is 0 Å². The van der Waals surface area contributed by atoms with Crippen LogP contribution >= 0.6 is 11.2 Å². The predicted molar refractivity (Wildman–Crippen MR) is 97.7 cm³/mol. The van der Waals surface area contributed by atoms with Crippen LogP contribution < -0.4 is 4.74 Å². The molecular weight excluding hydrogens is 320 g/mol. The molecule has 0 saturated heterocycles. The molecule has 1 spiro atoms. The minimum Gasteiger partial charge on any atom is -0.493 e. The molecule has 0 heterocycles. The Morgan fingerprint density at radius 2 is 2.12 bits per heavy atom. The highest BCUT2D eigenvalue weighted by Gasteiger charge is 2.43. The van der Waals surface area contributed by atoms with Gasteiger partial charge < -0.3 is 9.84 Å². The average Bonchev–Trinajstić information content (AvgIpc) is 2.98. The molecule has 1 aromatic carbocycles. The number of carbonyl (C=O) groups is 1. The maximum Gasteiger partial charge on any atom is 0.305 e. The molecule has 2 aliphatic rings. The largest absolute Gasteiger partial charge is 0.493 e. The fourth-order valence-corrected chi connectivity index (χ4v) is 4.92. The van der Waals surface area contributed by atoms with Crippen LogP contribution in [0.3, 0.4) is 0 Å². The highest BCUT2D eigenvalue weighted by Crippen LogP contribution is 2.55. The highest BCUT2D eigenvalue weighted by molar-refractivity contribution is 7.88. The second-order valence-corrected chi connectivity index (χ2v) is 8.46. The molecule has 3 nitrogen and oxygen atoms in total. The van der Waals surface area contributed by atoms with Gasteiger partial charge in [-0.05, 0) is 68.1 Å². The molecule has 24 heavy (non-hydrogen) atoms. The van der Waals surface area contributed by atoms with E-state index in [-0.39, 0.29) is 11.7 Å². The second kappa shape index (κ2) is 7.58. The van der Waals surface area contributed by atoms with E-state index in [0.29, 0.717) is 11.3 Å². The Hall–Kier alpha value is -1.51. The van der Waals surface area contributed by atoms with Crippen LogP contribution in [-0.2, 0) is 4.79 Å². The van der Waals surface area contributed by atoms with Gasteiger partial charge in [0.25, 0.3) is 0 Å². The molecule has 1 unspecified atom stereocenters. The minimum absolute atomic E-state index is 0.0881. The number of hydrogen-bond acceptors (Lipinski definition) is 2. The first-order valence-electron chi connectivity index (χ1n) is 8.87. The summed E-state index contributed by atoms with van der Waals surface area (Å²) in [5.74, 6) is 0.802. The smallest absolute Gasteiger partial charge is 0.305 e. The summed E-state index contributed by atoms with van der Waals surface area (Å²) in [7, 11) is 0. The predicted octanol–water partition coefficient (Wildman–Crippen LogP) is 5.26. The number of hydrogen-bond donors (Lipinski definition) is 1. The highest BCUT2D eigenvalue weighted by atomic mass is 32.1. The van der Waals surface area contributed by atoms with Crippen LogP contribution in [0.5, 0.6) is 5.75 Å². The third-order valence-corrected chi connectivity index (χ3v) is 6.54. The van der Waals surface area contributed by atoms with Gasteiger partial charge in [-0.1, -0.05) is 23.7 Å². The van der Waals surface area contributed by atoms with E-state index in [0.717, 1.165) is 17.9 Å². The summed E-state index contributed by atoms with van der Waals surface area (Å²) in [5, 5.41) is 11.9. The molecule has 0 radical (unpaired) electrons. The first-order chi connectivity index (χ1) is 11.6. The fraction of sp³-hybridized carbons (Fsp3) is 0.600. The van der Waals surface area contributed by atoms with E-state index in [2.05, 4.69) is 5.18 Å². The Morgan fingerprint density at radius 1 is 1.38 bits per heavy atom. The van der Waals surface area contributed by atoms with Crippen molar-refractivity contribution in [2.24, 2.45) is 11.3 Å². The molecule has 2 fully saturated rings. The second-order valence-electron chi connectivity index (χ2n) is 7.25. The summed E-state index contributed by atoms with van der Waals surface area (Å²) >= 11 is 1.43. The quantitative estimate of drug-likeness (QED) is 0.764. The number of carboxylic acids is 1. The zero-order chi connectivity index (χ0) is 17.0. The van der Waals surface area contributed by atoms with E-state index in [9.17, 15) is 4.79 Å². The SMILES string of the molecule is CC#S[C@@H](CC(=O)O)c1ccc(OCC2CCC3(CCC3)C2)cc1. The third-order valence-electron chi connectivity index (χ3n) is 5.58. The van der Waals surface area contributed by atoms with Crippen molar-refractivity contribution in [3.8, 4) is 10.9 Å². The van der Waals surface area contributed by atoms with Gasteiger partial charge in [0, 0.05) is 0 Å². The van der Waals surface area contributed by atoms with Crippen LogP contribution in [0.4, 0.5) is 0 Å². The lowest BCUT2D eigenvalue weighted by Crippen LogP contribution is -2.26. The number of carboxylic acid groups (broad SMARTS) is 1. The van der Waals surface area contributed by atoms with Crippen molar-refractivity contribution in [1.29, 1.82) is 0 Å². The molecule has 2 aliphatic carbocycles. The van der Waals surface area contributed by atoms with Crippen molar-refractivity contribution in [2.45, 2.75) is 57.1 Å². The molecule has 4 heteroatoms. The van der Waals surface area contributed by atoms with Crippen molar-refractivity contribution in [3.63, 3.8) is 0 Å². The Kier molecular flexibility index (Phi) is 5.47. The summed E-state index contributed by atoms with van der Waals surface area (Å²) < 4.78 is 5.99. The third kappa shape index (κ3) is 4.12. The number of benzene rings is 1. The van der Waals surface area contributed by atoms with E-state index in [4.69, 9.17) is 9.84 Å². The van der Waals surface area contributed by atoms with Gasteiger partial charge >= 0.3 is 5.97 Å². The zero-order valence-electron chi connectivity index (χ0n) is 14.3. The topological polar surface area (TPSA) is 46.5 Å². The molecular formula is C20H26O3S. The van der Waals surface area contributed by atoms with Gasteiger partial charge in [-0.15, -0.1) is 11.2 Å². The standard InChI is InChI=1S/C20H26O3S/c1-2-24-18(12-19(21)22)16-4-6-17(7-5-16)23-14-15-8-11-20(13-15)9-3-10-20/h4-7,15,18H,3,8-14H2,1H3,(H,21,22)/t15?,18-/m0/s1. The van der Waals surface area contributed by atoms with Crippen molar-refractivity contribution < 1.29 is 14.6 Å². The first kappa shape index (κ1) is 17.3. The first-order valence-corrected chi connectivity index (χ1v) is 9.75. The molecule has 0 amide bonds. The summed E-state index contributed by atoms with van der Waals surface area (Å²) in [6.45, 7) is 2.62. The Bertz CT molecular complexity index is 637. The van der Waals surface area contributed by atoms with Gasteiger partial charge in [0.2, 0.25) is 0 Å². The minimum atomic E-state index is -0.783. The van der Waals surface area contributed by atoms with Crippen LogP contribution in [0.1, 0.15) is 62.7 Å². The maximum atomic E-state index is 11.0. The molecule has 0 bridgehead atoms. The van der Waals surface area contributed by atoms with Gasteiger partial charge in [-0.25, -0.2) is 0 Å². The van der Waals surface area contributed by atoms with E-state index < -0.39 is 5.97 Å². The van der Waals surface area contributed by atoms with Gasteiger partial charge in [0.15, 0.2) is 0 Å². The van der Waals surface area contributed by atoms with E-state index in [1.807, 2.05) is 31.2 Å². The van der Waals surface area contributed by atoms with E-state index in [1.54, 1.807) is 0 Å². The monoisotopic (exact) mass is 346 g/mol. The molecule has 2 atom stereocenters. The van der Waals surface area contributed by atoms with Crippen LogP contribution in [0.2, 0.25) is 0 Å². The Balaban J connectivity index is 1.54. The van der Waals surface area contributed by atoms with Crippen molar-refractivity contribution in [3.05, 3.63) is 29.8 Å². The van der Waals surface area contributed by atoms with Crippen LogP contribution in [-0.4, -0.2) is 17.7 Å². The molecule has 0 aliphatic heterocycles. The lowest BCUT2D eigenvalue weighted by atomic mass is 9.67. The molecule has 130 valence electrons. The van der Waals surface area contributed by atoms with Crippen LogP contribution in [0, 0.1) is 16.5 Å². The molecule has 1 N–H and O–H groups in total. The Morgan fingerprint density at radius 3 is 2.67 bits per heavy atom. The number of rotatable bonds is 6. The van der Waals surface area contributed by atoms with Gasteiger partial charge in [0.1, 0.15) is 5.75 Å². The van der Waals surface area contributed by atoms with E-state index in [1.165, 1.54) is 49.7 Å². The summed E-state index contributed by atoms with van der Waals surface area (Å²) in [6.07, 6.45) is 8.39. The van der Waals surface area contributed by atoms with Gasteiger partial charge in [-0.3, -0.25) is 4.79 Å². The van der Waals surface area contributed by atoms with Crippen LogP contribution in [0.15, 0.2) is 24.3 Å². The normalized spacial score (nSPS) is 22.5. The maximum absolute atomic E-state index is 11.0. The van der Waals surface area contributed by atoms with Crippen molar-refractivity contribution >= 4 is 17.1 Å². The number of aliphatic carboxylic acids is 1. The number of ether oxygens (including phenoxy) is 1. The lowest BCUT2D eigenvalue weighted by molar-refractivity contribution is -0.137. The van der Waals surface area contributed by atoms with Gasteiger partial charge in [0.05, 0.1) is 18.3 Å². The zero-order valence-corrected chi connectivity index (χ0v) is 15.1. The average molecular weight is 346 g/mol. The van der Waals surface area contributed by atoms with E-state index >= 15 is 0 Å². The molecule has 0 aromatic heterocycles. The summed E-state index contributed by atoms with van der Waals surface area (Å²) in [4.78, 5) is 11.0.